The Morgan fingerprint density at radius 2 is 1.83 bits per heavy atom. The number of carbonyl (C=O) groups excluding carboxylic acids is 1. The third-order valence-electron chi connectivity index (χ3n) is 10.4. The lowest BCUT2D eigenvalue weighted by molar-refractivity contribution is -0.117. The zero-order chi connectivity index (χ0) is 20.8. The summed E-state index contributed by atoms with van der Waals surface area (Å²) in [6.45, 7) is 10.2. The van der Waals surface area contributed by atoms with Crippen LogP contribution in [0.25, 0.3) is 0 Å². The normalized spacial score (nSPS) is 43.8. The van der Waals surface area contributed by atoms with E-state index < -0.39 is 0 Å². The standard InChI is InChI=1S/C27H44O2/c1-18(17-28)6-5-7-19(2)23-10-11-24-22-9-8-20-16-21(29)12-14-26(20,3)25(22)13-15-27(23,24)4/h16,18-19,22-25,28H,5-15,17H2,1-4H3/t18-,19?,22?,23?,24?,25?,26?,27?/m1/s1. The number of aliphatic hydroxyl groups is 1. The van der Waals surface area contributed by atoms with Crippen molar-refractivity contribution in [2.24, 2.45) is 46.3 Å². The van der Waals surface area contributed by atoms with E-state index in [1.165, 1.54) is 63.4 Å². The lowest BCUT2D eigenvalue weighted by atomic mass is 9.46. The zero-order valence-electron chi connectivity index (χ0n) is 19.4. The van der Waals surface area contributed by atoms with Gasteiger partial charge < -0.3 is 5.11 Å². The smallest absolute Gasteiger partial charge is 0.155 e. The average molecular weight is 401 g/mol. The van der Waals surface area contributed by atoms with Gasteiger partial charge in [0.1, 0.15) is 0 Å². The Morgan fingerprint density at radius 1 is 1.03 bits per heavy atom. The van der Waals surface area contributed by atoms with Gasteiger partial charge in [0.25, 0.3) is 0 Å². The summed E-state index contributed by atoms with van der Waals surface area (Å²) in [6, 6.07) is 0. The van der Waals surface area contributed by atoms with Crippen molar-refractivity contribution in [1.29, 1.82) is 0 Å². The van der Waals surface area contributed by atoms with Crippen LogP contribution in [0.4, 0.5) is 0 Å². The predicted octanol–water partition coefficient (Wildman–Crippen LogP) is 6.57. The number of hydrogen-bond acceptors (Lipinski definition) is 2. The summed E-state index contributed by atoms with van der Waals surface area (Å²) < 4.78 is 0. The molecule has 0 aromatic heterocycles. The number of ketones is 1. The van der Waals surface area contributed by atoms with Crippen LogP contribution in [0.1, 0.15) is 98.3 Å². The van der Waals surface area contributed by atoms with E-state index in [1.54, 1.807) is 0 Å². The molecule has 0 spiro atoms. The van der Waals surface area contributed by atoms with Crippen molar-refractivity contribution in [3.63, 3.8) is 0 Å². The molecule has 0 saturated heterocycles. The van der Waals surface area contributed by atoms with Gasteiger partial charge in [0, 0.05) is 13.0 Å². The summed E-state index contributed by atoms with van der Waals surface area (Å²) >= 11 is 0. The number of rotatable bonds is 6. The molecule has 1 N–H and O–H groups in total. The molecule has 0 heterocycles. The maximum absolute atomic E-state index is 12.0. The first kappa shape index (κ1) is 21.6. The summed E-state index contributed by atoms with van der Waals surface area (Å²) in [6.07, 6.45) is 15.8. The van der Waals surface area contributed by atoms with E-state index in [1.807, 2.05) is 6.08 Å². The first-order chi connectivity index (χ1) is 13.8. The molecule has 3 saturated carbocycles. The van der Waals surface area contributed by atoms with Gasteiger partial charge in [-0.3, -0.25) is 4.79 Å². The van der Waals surface area contributed by atoms with E-state index in [0.717, 1.165) is 42.4 Å². The molecule has 0 amide bonds. The maximum Gasteiger partial charge on any atom is 0.155 e. The largest absolute Gasteiger partial charge is 0.396 e. The van der Waals surface area contributed by atoms with Crippen molar-refractivity contribution in [2.45, 2.75) is 98.3 Å². The molecule has 8 atom stereocenters. The molecule has 4 aliphatic rings. The van der Waals surface area contributed by atoms with Crippen LogP contribution in [0.15, 0.2) is 11.6 Å². The summed E-state index contributed by atoms with van der Waals surface area (Å²) in [5, 5.41) is 9.31. The molecule has 0 aromatic rings. The number of aliphatic hydroxyl groups excluding tert-OH is 1. The molecule has 0 aromatic carbocycles. The molecule has 0 bridgehead atoms. The third kappa shape index (κ3) is 3.66. The number of fused-ring (bicyclic) bond motifs is 5. The molecule has 164 valence electrons. The van der Waals surface area contributed by atoms with Gasteiger partial charge in [-0.25, -0.2) is 0 Å². The van der Waals surface area contributed by atoms with Crippen molar-refractivity contribution in [3.8, 4) is 0 Å². The molecule has 0 aliphatic heterocycles. The molecule has 7 unspecified atom stereocenters. The molecule has 3 fully saturated rings. The Morgan fingerprint density at radius 3 is 2.59 bits per heavy atom. The summed E-state index contributed by atoms with van der Waals surface area (Å²) in [4.78, 5) is 12.0. The fourth-order valence-electron chi connectivity index (χ4n) is 8.62. The highest BCUT2D eigenvalue weighted by Gasteiger charge is 2.59. The van der Waals surface area contributed by atoms with Crippen molar-refractivity contribution < 1.29 is 9.90 Å². The van der Waals surface area contributed by atoms with Crippen LogP contribution in [0, 0.1) is 46.3 Å². The molecule has 4 aliphatic carbocycles. The van der Waals surface area contributed by atoms with Crippen LogP contribution in [0.3, 0.4) is 0 Å². The van der Waals surface area contributed by atoms with E-state index in [0.29, 0.717) is 29.1 Å². The topological polar surface area (TPSA) is 37.3 Å². The third-order valence-corrected chi connectivity index (χ3v) is 10.4. The van der Waals surface area contributed by atoms with Crippen LogP contribution < -0.4 is 0 Å². The van der Waals surface area contributed by atoms with Gasteiger partial charge in [0.2, 0.25) is 0 Å². The lowest BCUT2D eigenvalue weighted by Gasteiger charge is -2.58. The highest BCUT2D eigenvalue weighted by Crippen LogP contribution is 2.67. The van der Waals surface area contributed by atoms with Crippen LogP contribution in [0.2, 0.25) is 0 Å². The second-order valence-corrected chi connectivity index (χ2v) is 11.9. The highest BCUT2D eigenvalue weighted by molar-refractivity contribution is 5.91. The van der Waals surface area contributed by atoms with E-state index >= 15 is 0 Å². The van der Waals surface area contributed by atoms with E-state index in [2.05, 4.69) is 27.7 Å². The monoisotopic (exact) mass is 400 g/mol. The molecule has 4 rings (SSSR count). The Hall–Kier alpha value is -0.630. The average Bonchev–Trinajstić information content (AvgIpc) is 3.05. The van der Waals surface area contributed by atoms with Gasteiger partial charge in [-0.2, -0.15) is 0 Å². The summed E-state index contributed by atoms with van der Waals surface area (Å²) in [5.74, 6) is 5.13. The predicted molar refractivity (Wildman–Crippen MR) is 119 cm³/mol. The second kappa shape index (κ2) is 8.13. The van der Waals surface area contributed by atoms with Gasteiger partial charge >= 0.3 is 0 Å². The Balaban J connectivity index is 1.46. The van der Waals surface area contributed by atoms with E-state index in [-0.39, 0.29) is 0 Å². The number of allylic oxidation sites excluding steroid dienone is 1. The fourth-order valence-corrected chi connectivity index (χ4v) is 8.62. The van der Waals surface area contributed by atoms with E-state index in [4.69, 9.17) is 0 Å². The minimum atomic E-state index is 0.308. The molecular formula is C27H44O2. The second-order valence-electron chi connectivity index (χ2n) is 11.9. The SMILES string of the molecule is CC(CCC[C@@H](C)CO)C1CCC2C3CCC4=CC(=O)CCC4(C)C3CCC12C. The van der Waals surface area contributed by atoms with Crippen LogP contribution in [0.5, 0.6) is 0 Å². The minimum Gasteiger partial charge on any atom is -0.396 e. The van der Waals surface area contributed by atoms with Gasteiger partial charge in [0.05, 0.1) is 0 Å². The summed E-state index contributed by atoms with van der Waals surface area (Å²) in [5.41, 5.74) is 2.34. The maximum atomic E-state index is 12.0. The Bertz CT molecular complexity index is 651. The molecular weight excluding hydrogens is 356 g/mol. The number of carbonyl (C=O) groups is 1. The van der Waals surface area contributed by atoms with Crippen molar-refractivity contribution >= 4 is 5.78 Å². The van der Waals surface area contributed by atoms with E-state index in [9.17, 15) is 9.90 Å². The molecule has 2 nitrogen and oxygen atoms in total. The lowest BCUT2D eigenvalue weighted by Crippen LogP contribution is -2.50. The molecule has 29 heavy (non-hydrogen) atoms. The zero-order valence-corrected chi connectivity index (χ0v) is 19.4. The number of hydrogen-bond donors (Lipinski definition) is 1. The van der Waals surface area contributed by atoms with Crippen LogP contribution in [-0.4, -0.2) is 17.5 Å². The van der Waals surface area contributed by atoms with Crippen molar-refractivity contribution in [1.82, 2.24) is 0 Å². The van der Waals surface area contributed by atoms with Crippen molar-refractivity contribution in [2.75, 3.05) is 6.61 Å². The van der Waals surface area contributed by atoms with Crippen LogP contribution >= 0.6 is 0 Å². The molecule has 2 heteroatoms. The van der Waals surface area contributed by atoms with Crippen LogP contribution in [-0.2, 0) is 4.79 Å². The highest BCUT2D eigenvalue weighted by atomic mass is 16.3. The van der Waals surface area contributed by atoms with Gasteiger partial charge in [0.15, 0.2) is 5.78 Å². The quantitative estimate of drug-likeness (QED) is 0.547. The van der Waals surface area contributed by atoms with Crippen molar-refractivity contribution in [3.05, 3.63) is 11.6 Å². The van der Waals surface area contributed by atoms with Gasteiger partial charge in [-0.05, 0) is 104 Å². The van der Waals surface area contributed by atoms with Gasteiger partial charge in [-0.1, -0.05) is 46.1 Å². The molecule has 0 radical (unpaired) electrons. The minimum absolute atomic E-state index is 0.308. The first-order valence-electron chi connectivity index (χ1n) is 12.6. The van der Waals surface area contributed by atoms with Gasteiger partial charge in [-0.15, -0.1) is 0 Å². The summed E-state index contributed by atoms with van der Waals surface area (Å²) in [7, 11) is 0. The first-order valence-corrected chi connectivity index (χ1v) is 12.6. The Kier molecular flexibility index (Phi) is 6.06. The fraction of sp³-hybridized carbons (Fsp3) is 0.889. The Labute approximate surface area is 178 Å².